The number of rotatable bonds is 5. The van der Waals surface area contributed by atoms with Crippen LogP contribution >= 0.6 is 0 Å². The Balaban J connectivity index is 1.08. The van der Waals surface area contributed by atoms with Gasteiger partial charge < -0.3 is 4.90 Å². The second-order valence-electron chi connectivity index (χ2n) is 16.2. The Morgan fingerprint density at radius 3 is 1.63 bits per heavy atom. The summed E-state index contributed by atoms with van der Waals surface area (Å²) < 4.78 is 0. The zero-order valence-electron chi connectivity index (χ0n) is 32.4. The van der Waals surface area contributed by atoms with E-state index < -0.39 is 0 Å². The molecular weight excluding hydrogens is 687 g/mol. The van der Waals surface area contributed by atoms with Crippen LogP contribution in [0.2, 0.25) is 0 Å². The zero-order chi connectivity index (χ0) is 38.3. The predicted octanol–water partition coefficient (Wildman–Crippen LogP) is 15.7. The molecule has 0 bridgehead atoms. The fraction of sp³-hybridized carbons (Fsp3) is 0.0714. The van der Waals surface area contributed by atoms with Crippen molar-refractivity contribution in [1.29, 1.82) is 0 Å². The van der Waals surface area contributed by atoms with Crippen molar-refractivity contribution in [2.24, 2.45) is 0 Å². The molecular formula is C56H41N. The van der Waals surface area contributed by atoms with Crippen LogP contribution in [0, 0.1) is 6.92 Å². The number of benzene rings is 10. The smallest absolute Gasteiger partial charge is 0.0465 e. The van der Waals surface area contributed by atoms with E-state index in [2.05, 4.69) is 220 Å². The highest BCUT2D eigenvalue weighted by atomic mass is 15.1. The van der Waals surface area contributed by atoms with E-state index in [1.165, 1.54) is 98.8 Å². The molecule has 0 spiro atoms. The maximum atomic E-state index is 2.48. The third kappa shape index (κ3) is 5.23. The largest absolute Gasteiger partial charge is 0.310 e. The van der Waals surface area contributed by atoms with Crippen molar-refractivity contribution >= 4 is 60.2 Å². The molecule has 0 heterocycles. The lowest BCUT2D eigenvalue weighted by atomic mass is 9.81. The molecule has 10 aromatic carbocycles. The fourth-order valence-electron chi connectivity index (χ4n) is 9.65. The summed E-state index contributed by atoms with van der Waals surface area (Å²) in [6.07, 6.45) is 0. The fourth-order valence-corrected chi connectivity index (χ4v) is 9.65. The van der Waals surface area contributed by atoms with E-state index in [-0.39, 0.29) is 5.41 Å². The van der Waals surface area contributed by atoms with Crippen molar-refractivity contribution < 1.29 is 0 Å². The van der Waals surface area contributed by atoms with E-state index in [0.29, 0.717) is 0 Å². The molecule has 0 N–H and O–H groups in total. The first-order chi connectivity index (χ1) is 27.9. The predicted molar refractivity (Wildman–Crippen MR) is 244 cm³/mol. The molecule has 0 radical (unpaired) electrons. The van der Waals surface area contributed by atoms with Gasteiger partial charge in [-0.25, -0.2) is 0 Å². The molecule has 0 aromatic heterocycles. The second kappa shape index (κ2) is 12.8. The van der Waals surface area contributed by atoms with Crippen LogP contribution in [0.4, 0.5) is 17.1 Å². The van der Waals surface area contributed by atoms with Crippen molar-refractivity contribution in [3.05, 3.63) is 211 Å². The number of para-hydroxylation sites is 1. The minimum Gasteiger partial charge on any atom is -0.310 e. The molecule has 10 aromatic rings. The highest BCUT2D eigenvalue weighted by Crippen LogP contribution is 2.52. The molecule has 11 rings (SSSR count). The molecule has 0 atom stereocenters. The average Bonchev–Trinajstić information content (AvgIpc) is 3.48. The van der Waals surface area contributed by atoms with Crippen molar-refractivity contribution in [2.75, 3.05) is 4.90 Å². The maximum absolute atomic E-state index is 2.48. The summed E-state index contributed by atoms with van der Waals surface area (Å²) in [6.45, 7) is 6.93. The van der Waals surface area contributed by atoms with Crippen molar-refractivity contribution in [1.82, 2.24) is 0 Å². The SMILES string of the molecule is Cc1ccc(N(c2ccccc2)c2ccc3c(c2)C(C)(C)c2cc(-c4cc5cc(-c6cccc7ccccc67)c6ccccc6c5c5ccccc45)ccc2-3)cc1. The molecule has 1 aliphatic rings. The lowest BCUT2D eigenvalue weighted by molar-refractivity contribution is 0.660. The molecule has 0 unspecified atom stereocenters. The Bertz CT molecular complexity index is 3200. The lowest BCUT2D eigenvalue weighted by Crippen LogP contribution is -2.16. The number of fused-ring (bicyclic) bond motifs is 9. The van der Waals surface area contributed by atoms with Gasteiger partial charge in [0.2, 0.25) is 0 Å². The highest BCUT2D eigenvalue weighted by Gasteiger charge is 2.36. The third-order valence-electron chi connectivity index (χ3n) is 12.5. The Morgan fingerprint density at radius 2 is 0.895 bits per heavy atom. The first kappa shape index (κ1) is 33.4. The normalized spacial score (nSPS) is 13.0. The highest BCUT2D eigenvalue weighted by molar-refractivity contribution is 6.26. The van der Waals surface area contributed by atoms with Crippen LogP contribution in [0.1, 0.15) is 30.5 Å². The summed E-state index contributed by atoms with van der Waals surface area (Å²) in [5.74, 6) is 0. The van der Waals surface area contributed by atoms with Gasteiger partial charge >= 0.3 is 0 Å². The molecule has 0 aliphatic heterocycles. The summed E-state index contributed by atoms with van der Waals surface area (Å²) in [5.41, 5.74) is 14.9. The molecule has 0 saturated heterocycles. The first-order valence-electron chi connectivity index (χ1n) is 20.0. The van der Waals surface area contributed by atoms with E-state index in [9.17, 15) is 0 Å². The molecule has 270 valence electrons. The van der Waals surface area contributed by atoms with Crippen LogP contribution in [0.25, 0.3) is 76.5 Å². The van der Waals surface area contributed by atoms with Crippen LogP contribution in [0.15, 0.2) is 194 Å². The summed E-state index contributed by atoms with van der Waals surface area (Å²) >= 11 is 0. The number of anilines is 3. The van der Waals surface area contributed by atoms with Crippen LogP contribution in [0.5, 0.6) is 0 Å². The monoisotopic (exact) mass is 727 g/mol. The van der Waals surface area contributed by atoms with E-state index in [1.807, 2.05) is 0 Å². The van der Waals surface area contributed by atoms with Gasteiger partial charge in [-0.3, -0.25) is 0 Å². The van der Waals surface area contributed by atoms with Gasteiger partial charge in [-0.1, -0.05) is 159 Å². The Morgan fingerprint density at radius 1 is 0.351 bits per heavy atom. The maximum Gasteiger partial charge on any atom is 0.0465 e. The van der Waals surface area contributed by atoms with Gasteiger partial charge in [0.25, 0.3) is 0 Å². The van der Waals surface area contributed by atoms with Gasteiger partial charge in [-0.15, -0.1) is 0 Å². The van der Waals surface area contributed by atoms with Crippen molar-refractivity contribution in [2.45, 2.75) is 26.2 Å². The van der Waals surface area contributed by atoms with E-state index in [4.69, 9.17) is 0 Å². The van der Waals surface area contributed by atoms with Crippen molar-refractivity contribution in [3.8, 4) is 33.4 Å². The van der Waals surface area contributed by atoms with Gasteiger partial charge in [-0.05, 0) is 149 Å². The van der Waals surface area contributed by atoms with Gasteiger partial charge in [0.1, 0.15) is 0 Å². The second-order valence-corrected chi connectivity index (χ2v) is 16.2. The van der Waals surface area contributed by atoms with Gasteiger partial charge in [-0.2, -0.15) is 0 Å². The molecule has 0 amide bonds. The summed E-state index contributed by atoms with van der Waals surface area (Å²) in [6, 6.07) is 72.1. The van der Waals surface area contributed by atoms with Crippen LogP contribution in [0.3, 0.4) is 0 Å². The molecule has 1 nitrogen and oxygen atoms in total. The number of hydrogen-bond acceptors (Lipinski definition) is 1. The number of nitrogens with zero attached hydrogens (tertiary/aromatic N) is 1. The zero-order valence-corrected chi connectivity index (χ0v) is 32.4. The van der Waals surface area contributed by atoms with E-state index >= 15 is 0 Å². The van der Waals surface area contributed by atoms with Gasteiger partial charge in [0.05, 0.1) is 0 Å². The minimum atomic E-state index is -0.198. The Kier molecular flexibility index (Phi) is 7.50. The van der Waals surface area contributed by atoms with E-state index in [0.717, 1.165) is 11.4 Å². The molecule has 1 heteroatoms. The Labute approximate surface area is 334 Å². The molecule has 0 saturated carbocycles. The summed E-state index contributed by atoms with van der Waals surface area (Å²) in [7, 11) is 0. The van der Waals surface area contributed by atoms with E-state index in [1.54, 1.807) is 0 Å². The molecule has 0 fully saturated rings. The van der Waals surface area contributed by atoms with Crippen LogP contribution < -0.4 is 4.90 Å². The third-order valence-corrected chi connectivity index (χ3v) is 12.5. The average molecular weight is 728 g/mol. The minimum absolute atomic E-state index is 0.198. The van der Waals surface area contributed by atoms with Crippen LogP contribution in [-0.2, 0) is 5.41 Å². The van der Waals surface area contributed by atoms with Crippen LogP contribution in [-0.4, -0.2) is 0 Å². The van der Waals surface area contributed by atoms with Gasteiger partial charge in [0.15, 0.2) is 0 Å². The summed E-state index contributed by atoms with van der Waals surface area (Å²) in [4.78, 5) is 2.38. The Hall–Kier alpha value is -6.96. The number of hydrogen-bond donors (Lipinski definition) is 0. The standard InChI is InChI=1S/C56H41N/c1-36-24-27-41(28-25-36)57(40-16-5-4-6-17-40)42-29-31-48-47-30-26-38(34-53(47)56(2,3)54(48)35-42)51-32-39-33-52(44-23-13-15-37-14-7-8-18-43(37)44)46-20-10-12-22-50(46)55(39)49-21-11-9-19-45(49)51/h4-35H,1-3H3. The van der Waals surface area contributed by atoms with Gasteiger partial charge in [0, 0.05) is 22.5 Å². The van der Waals surface area contributed by atoms with Crippen molar-refractivity contribution in [3.63, 3.8) is 0 Å². The molecule has 57 heavy (non-hydrogen) atoms. The quantitative estimate of drug-likeness (QED) is 0.160. The summed E-state index contributed by atoms with van der Waals surface area (Å²) in [5, 5.41) is 10.2. The number of aryl methyl sites for hydroxylation is 1. The lowest BCUT2D eigenvalue weighted by Gasteiger charge is -2.28. The first-order valence-corrected chi connectivity index (χ1v) is 20.0. The topological polar surface area (TPSA) is 3.24 Å². The molecule has 1 aliphatic carbocycles.